The smallest absolute Gasteiger partial charge is 0.353 e. The van der Waals surface area contributed by atoms with E-state index in [4.69, 9.17) is 13.9 Å². The number of alkyl halides is 1. The lowest BCUT2D eigenvalue weighted by atomic mass is 10.2. The molecule has 0 atom stereocenters. The van der Waals surface area contributed by atoms with Gasteiger partial charge in [-0.2, -0.15) is 0 Å². The lowest BCUT2D eigenvalue weighted by Crippen LogP contribution is -2.41. The van der Waals surface area contributed by atoms with Gasteiger partial charge in [-0.25, -0.2) is 14.1 Å². The van der Waals surface area contributed by atoms with Crippen molar-refractivity contribution in [1.29, 1.82) is 0 Å². The van der Waals surface area contributed by atoms with Gasteiger partial charge in [0, 0.05) is 19.2 Å². The number of pyridine rings is 1. The minimum Gasteiger partial charge on any atom is -0.472 e. The summed E-state index contributed by atoms with van der Waals surface area (Å²) >= 11 is 0. The van der Waals surface area contributed by atoms with Crippen molar-refractivity contribution in [2.45, 2.75) is 52.2 Å². The van der Waals surface area contributed by atoms with E-state index in [1.165, 1.54) is 17.8 Å². The van der Waals surface area contributed by atoms with Crippen LogP contribution in [0.1, 0.15) is 32.9 Å². The van der Waals surface area contributed by atoms with Crippen LogP contribution in [0.2, 0.25) is 18.1 Å². The van der Waals surface area contributed by atoms with Gasteiger partial charge in [0.25, 0.3) is 0 Å². The summed E-state index contributed by atoms with van der Waals surface area (Å²) in [5, 5.41) is 15.9. The number of nitro groups is 1. The van der Waals surface area contributed by atoms with Gasteiger partial charge in [0.1, 0.15) is 11.4 Å². The molecular formula is C19H29FN4O5Si. The van der Waals surface area contributed by atoms with Crippen molar-refractivity contribution in [3.63, 3.8) is 0 Å². The Hall–Kier alpha value is -2.53. The number of hydrogen-bond acceptors (Lipinski definition) is 7. The SMILES string of the molecule is Cc1c([N+](=O)[O-])c(OCCCO[Si](C)(C)C(C)(C)C)nn1-c1cccnc1OCF. The fourth-order valence-electron chi connectivity index (χ4n) is 2.49. The van der Waals surface area contributed by atoms with Crippen LogP contribution in [-0.4, -0.2) is 48.1 Å². The number of aromatic nitrogens is 3. The highest BCUT2D eigenvalue weighted by Gasteiger charge is 2.37. The summed E-state index contributed by atoms with van der Waals surface area (Å²) in [6, 6.07) is 3.19. The van der Waals surface area contributed by atoms with E-state index < -0.39 is 20.1 Å². The van der Waals surface area contributed by atoms with Crippen molar-refractivity contribution in [3.8, 4) is 17.4 Å². The monoisotopic (exact) mass is 440 g/mol. The van der Waals surface area contributed by atoms with Crippen molar-refractivity contribution in [2.75, 3.05) is 20.1 Å². The standard InChI is InChI=1S/C19H29FN4O5Si/c1-14-16(24(25)26)18(27-11-8-12-29-30(5,6)19(2,3)4)22-23(14)15-9-7-10-21-17(15)28-13-20/h7,9-10H,8,11-13H2,1-6H3. The molecule has 0 fully saturated rings. The molecule has 166 valence electrons. The molecule has 2 rings (SSSR count). The largest absolute Gasteiger partial charge is 0.472 e. The Morgan fingerprint density at radius 2 is 1.93 bits per heavy atom. The zero-order valence-corrected chi connectivity index (χ0v) is 19.3. The molecule has 0 aliphatic rings. The van der Waals surface area contributed by atoms with Gasteiger partial charge in [-0.15, -0.1) is 5.10 Å². The van der Waals surface area contributed by atoms with Gasteiger partial charge in [0.15, 0.2) is 8.32 Å². The Bertz CT molecular complexity index is 882. The lowest BCUT2D eigenvalue weighted by molar-refractivity contribution is -0.386. The van der Waals surface area contributed by atoms with Gasteiger partial charge in [0.05, 0.1) is 11.5 Å². The molecule has 11 heteroatoms. The summed E-state index contributed by atoms with van der Waals surface area (Å²) in [5.74, 6) is -0.130. The van der Waals surface area contributed by atoms with Gasteiger partial charge >= 0.3 is 11.6 Å². The van der Waals surface area contributed by atoms with Crippen LogP contribution < -0.4 is 9.47 Å². The van der Waals surface area contributed by atoms with Crippen molar-refractivity contribution < 1.29 is 23.2 Å². The molecule has 0 amide bonds. The molecule has 0 aliphatic heterocycles. The third kappa shape index (κ3) is 5.33. The maximum atomic E-state index is 12.7. The van der Waals surface area contributed by atoms with Gasteiger partial charge in [-0.3, -0.25) is 10.1 Å². The molecule has 2 aromatic rings. The third-order valence-corrected chi connectivity index (χ3v) is 9.74. The zero-order valence-electron chi connectivity index (χ0n) is 18.3. The third-order valence-electron chi connectivity index (χ3n) is 5.20. The quantitative estimate of drug-likeness (QED) is 0.231. The Morgan fingerprint density at radius 1 is 1.23 bits per heavy atom. The Balaban J connectivity index is 2.14. The molecule has 30 heavy (non-hydrogen) atoms. The molecule has 0 aromatic carbocycles. The van der Waals surface area contributed by atoms with Crippen LogP contribution >= 0.6 is 0 Å². The van der Waals surface area contributed by atoms with Crippen LogP contribution in [0.25, 0.3) is 5.69 Å². The second-order valence-electron chi connectivity index (χ2n) is 8.30. The number of halogens is 1. The summed E-state index contributed by atoms with van der Waals surface area (Å²) < 4.78 is 30.5. The number of hydrogen-bond donors (Lipinski definition) is 0. The van der Waals surface area contributed by atoms with E-state index in [1.54, 1.807) is 12.1 Å². The minimum atomic E-state index is -1.86. The topological polar surface area (TPSA) is 102 Å². The average Bonchev–Trinajstić information content (AvgIpc) is 2.97. The molecule has 0 saturated heterocycles. The summed E-state index contributed by atoms with van der Waals surface area (Å²) in [6.07, 6.45) is 2.00. The first-order valence-corrected chi connectivity index (χ1v) is 12.6. The second-order valence-corrected chi connectivity index (χ2v) is 13.1. The average molecular weight is 441 g/mol. The predicted molar refractivity (Wildman–Crippen MR) is 113 cm³/mol. The molecule has 2 heterocycles. The first-order valence-electron chi connectivity index (χ1n) is 9.64. The van der Waals surface area contributed by atoms with Crippen LogP contribution in [-0.2, 0) is 4.43 Å². The molecule has 0 N–H and O–H groups in total. The first-order chi connectivity index (χ1) is 14.0. The molecular weight excluding hydrogens is 411 g/mol. The number of rotatable bonds is 10. The van der Waals surface area contributed by atoms with E-state index in [2.05, 4.69) is 43.9 Å². The highest BCUT2D eigenvalue weighted by atomic mass is 28.4. The number of ether oxygens (including phenoxy) is 2. The summed E-state index contributed by atoms with van der Waals surface area (Å²) in [6.45, 7) is 12.0. The van der Waals surface area contributed by atoms with E-state index in [1.807, 2.05) is 0 Å². The fraction of sp³-hybridized carbons (Fsp3) is 0.579. The highest BCUT2D eigenvalue weighted by molar-refractivity contribution is 6.74. The van der Waals surface area contributed by atoms with Crippen molar-refractivity contribution in [1.82, 2.24) is 14.8 Å². The second kappa shape index (κ2) is 9.52. The van der Waals surface area contributed by atoms with Crippen molar-refractivity contribution in [3.05, 3.63) is 34.1 Å². The van der Waals surface area contributed by atoms with Gasteiger partial charge in [-0.05, 0) is 37.2 Å². The van der Waals surface area contributed by atoms with Crippen LogP contribution in [0.4, 0.5) is 10.1 Å². The van der Waals surface area contributed by atoms with E-state index in [9.17, 15) is 14.5 Å². The molecule has 0 saturated carbocycles. The van der Waals surface area contributed by atoms with Crippen molar-refractivity contribution >= 4 is 14.0 Å². The van der Waals surface area contributed by atoms with E-state index in [-0.39, 0.29) is 40.5 Å². The van der Waals surface area contributed by atoms with Crippen LogP contribution in [0.3, 0.4) is 0 Å². The maximum absolute atomic E-state index is 12.7. The first kappa shape index (κ1) is 23.7. The molecule has 0 bridgehead atoms. The van der Waals surface area contributed by atoms with Gasteiger partial charge in [-0.1, -0.05) is 20.8 Å². The normalized spacial score (nSPS) is 12.1. The molecule has 0 unspecified atom stereocenters. The Kier molecular flexibility index (Phi) is 7.53. The lowest BCUT2D eigenvalue weighted by Gasteiger charge is -2.36. The summed E-state index contributed by atoms with van der Waals surface area (Å²) in [5.41, 5.74) is 0.256. The van der Waals surface area contributed by atoms with Crippen LogP contribution in [0.15, 0.2) is 18.3 Å². The van der Waals surface area contributed by atoms with E-state index in [0.29, 0.717) is 13.0 Å². The van der Waals surface area contributed by atoms with E-state index in [0.717, 1.165) is 0 Å². The zero-order chi connectivity index (χ0) is 22.5. The molecule has 0 radical (unpaired) electrons. The van der Waals surface area contributed by atoms with E-state index >= 15 is 0 Å². The van der Waals surface area contributed by atoms with Gasteiger partial charge < -0.3 is 13.9 Å². The maximum Gasteiger partial charge on any atom is 0.353 e. The molecule has 0 aliphatic carbocycles. The fourth-order valence-corrected chi connectivity index (χ4v) is 3.58. The van der Waals surface area contributed by atoms with Crippen LogP contribution in [0.5, 0.6) is 11.8 Å². The Morgan fingerprint density at radius 3 is 2.53 bits per heavy atom. The van der Waals surface area contributed by atoms with Crippen LogP contribution in [0, 0.1) is 17.0 Å². The summed E-state index contributed by atoms with van der Waals surface area (Å²) in [4.78, 5) is 15.0. The minimum absolute atomic E-state index is 0.0187. The number of nitrogens with zero attached hydrogens (tertiary/aromatic N) is 4. The highest BCUT2D eigenvalue weighted by Crippen LogP contribution is 2.37. The van der Waals surface area contributed by atoms with Crippen molar-refractivity contribution in [2.24, 2.45) is 0 Å². The Labute approximate surface area is 176 Å². The molecule has 0 spiro atoms. The van der Waals surface area contributed by atoms with Gasteiger partial charge in [0.2, 0.25) is 12.7 Å². The molecule has 2 aromatic heterocycles. The summed E-state index contributed by atoms with van der Waals surface area (Å²) in [7, 11) is -1.86. The molecule has 9 nitrogen and oxygen atoms in total. The predicted octanol–water partition coefficient (Wildman–Crippen LogP) is 4.58.